The second-order valence-corrected chi connectivity index (χ2v) is 6.46. The van der Waals surface area contributed by atoms with E-state index in [-0.39, 0.29) is 5.54 Å². The van der Waals surface area contributed by atoms with Gasteiger partial charge in [0.1, 0.15) is 0 Å². The van der Waals surface area contributed by atoms with Gasteiger partial charge in [-0.25, -0.2) is 0 Å². The summed E-state index contributed by atoms with van der Waals surface area (Å²) in [6.45, 7) is 8.89. The number of amidine groups is 1. The van der Waals surface area contributed by atoms with E-state index in [2.05, 4.69) is 68.0 Å². The van der Waals surface area contributed by atoms with Gasteiger partial charge in [-0.3, -0.25) is 0 Å². The summed E-state index contributed by atoms with van der Waals surface area (Å²) < 4.78 is 0. The van der Waals surface area contributed by atoms with E-state index in [0.29, 0.717) is 11.3 Å². The first-order valence-electron chi connectivity index (χ1n) is 6.31. The van der Waals surface area contributed by atoms with Gasteiger partial charge in [0.2, 0.25) is 0 Å². The molecule has 0 saturated carbocycles. The van der Waals surface area contributed by atoms with Crippen molar-refractivity contribution in [2.45, 2.75) is 44.5 Å². The van der Waals surface area contributed by atoms with Gasteiger partial charge in [-0.15, -0.1) is 0 Å². The number of hydrazone groups is 1. The highest BCUT2D eigenvalue weighted by Gasteiger charge is 2.49. The molecule has 1 aromatic rings. The van der Waals surface area contributed by atoms with Crippen molar-refractivity contribution in [1.82, 2.24) is 4.90 Å². The summed E-state index contributed by atoms with van der Waals surface area (Å²) in [5.41, 5.74) is 1.26. The minimum atomic E-state index is -0.0572. The Hall–Kier alpha value is -1.16. The lowest BCUT2D eigenvalue weighted by Gasteiger charge is -2.41. The summed E-state index contributed by atoms with van der Waals surface area (Å²) in [6.07, 6.45) is 0. The maximum absolute atomic E-state index is 5.55. The molecular weight excluding hydrogens is 242 g/mol. The SMILES string of the molecule is CC(C)N1C(=NN)SC(C)C1(C)c1ccccc1. The normalized spacial score (nSPS) is 30.4. The Morgan fingerprint density at radius 3 is 2.44 bits per heavy atom. The van der Waals surface area contributed by atoms with Crippen LogP contribution in [0.25, 0.3) is 0 Å². The summed E-state index contributed by atoms with van der Waals surface area (Å²) in [5, 5.41) is 5.32. The Balaban J connectivity index is 2.52. The van der Waals surface area contributed by atoms with Crippen molar-refractivity contribution in [2.24, 2.45) is 10.9 Å². The van der Waals surface area contributed by atoms with Gasteiger partial charge in [-0.05, 0) is 26.3 Å². The van der Waals surface area contributed by atoms with Crippen LogP contribution < -0.4 is 5.84 Å². The molecular formula is C14H21N3S. The predicted molar refractivity (Wildman–Crippen MR) is 79.4 cm³/mol. The highest BCUT2D eigenvalue weighted by atomic mass is 32.2. The molecule has 3 nitrogen and oxygen atoms in total. The third kappa shape index (κ3) is 1.88. The fourth-order valence-electron chi connectivity index (χ4n) is 2.72. The van der Waals surface area contributed by atoms with Gasteiger partial charge in [0.05, 0.1) is 5.54 Å². The molecule has 2 unspecified atom stereocenters. The molecule has 0 amide bonds. The monoisotopic (exact) mass is 263 g/mol. The van der Waals surface area contributed by atoms with Crippen LogP contribution in [0.3, 0.4) is 0 Å². The molecule has 1 fully saturated rings. The van der Waals surface area contributed by atoms with E-state index in [1.165, 1.54) is 5.56 Å². The largest absolute Gasteiger partial charge is 0.337 e. The minimum Gasteiger partial charge on any atom is -0.337 e. The zero-order valence-corrected chi connectivity index (χ0v) is 12.2. The van der Waals surface area contributed by atoms with Crippen LogP contribution in [0.15, 0.2) is 35.4 Å². The van der Waals surface area contributed by atoms with Gasteiger partial charge < -0.3 is 10.7 Å². The lowest BCUT2D eigenvalue weighted by Crippen LogP contribution is -2.49. The van der Waals surface area contributed by atoms with Gasteiger partial charge in [-0.1, -0.05) is 49.0 Å². The molecule has 98 valence electrons. The predicted octanol–water partition coefficient (Wildman–Crippen LogP) is 2.98. The minimum absolute atomic E-state index is 0.0572. The molecule has 0 radical (unpaired) electrons. The van der Waals surface area contributed by atoms with Crippen LogP contribution in [0.1, 0.15) is 33.3 Å². The third-order valence-electron chi connectivity index (χ3n) is 3.77. The second kappa shape index (κ2) is 4.84. The smallest absolute Gasteiger partial charge is 0.184 e. The van der Waals surface area contributed by atoms with E-state index in [1.54, 1.807) is 11.8 Å². The maximum atomic E-state index is 5.55. The van der Waals surface area contributed by atoms with Gasteiger partial charge in [0.25, 0.3) is 0 Å². The van der Waals surface area contributed by atoms with Gasteiger partial charge in [0, 0.05) is 11.3 Å². The standard InChI is InChI=1S/C14H21N3S/c1-10(2)17-13(16-15)18-11(3)14(17,4)12-8-6-5-7-9-12/h5-11H,15H2,1-4H3. The average molecular weight is 263 g/mol. The highest BCUT2D eigenvalue weighted by molar-refractivity contribution is 8.14. The first-order chi connectivity index (χ1) is 8.51. The highest BCUT2D eigenvalue weighted by Crippen LogP contribution is 2.47. The zero-order chi connectivity index (χ0) is 13.3. The van der Waals surface area contributed by atoms with E-state index < -0.39 is 0 Å². The number of thioether (sulfide) groups is 1. The first-order valence-corrected chi connectivity index (χ1v) is 7.19. The number of rotatable bonds is 2. The van der Waals surface area contributed by atoms with E-state index in [1.807, 2.05) is 0 Å². The number of nitrogens with two attached hydrogens (primary N) is 1. The lowest BCUT2D eigenvalue weighted by molar-refractivity contribution is 0.170. The van der Waals surface area contributed by atoms with E-state index in [9.17, 15) is 0 Å². The van der Waals surface area contributed by atoms with Crippen LogP contribution >= 0.6 is 11.8 Å². The quantitative estimate of drug-likeness (QED) is 0.659. The van der Waals surface area contributed by atoms with E-state index in [4.69, 9.17) is 5.84 Å². The second-order valence-electron chi connectivity index (χ2n) is 5.15. The molecule has 1 aliphatic heterocycles. The van der Waals surface area contributed by atoms with Crippen molar-refractivity contribution in [1.29, 1.82) is 0 Å². The molecule has 0 aliphatic carbocycles. The van der Waals surface area contributed by atoms with Crippen molar-refractivity contribution in [2.75, 3.05) is 0 Å². The number of benzene rings is 1. The Bertz CT molecular complexity index is 444. The van der Waals surface area contributed by atoms with Gasteiger partial charge in [-0.2, -0.15) is 5.10 Å². The number of nitrogens with zero attached hydrogens (tertiary/aromatic N) is 2. The fraction of sp³-hybridized carbons (Fsp3) is 0.500. The molecule has 2 rings (SSSR count). The van der Waals surface area contributed by atoms with Crippen molar-refractivity contribution in [3.8, 4) is 0 Å². The summed E-state index contributed by atoms with van der Waals surface area (Å²) in [7, 11) is 0. The summed E-state index contributed by atoms with van der Waals surface area (Å²) in [6, 6.07) is 11.0. The zero-order valence-electron chi connectivity index (χ0n) is 11.4. The molecule has 0 aromatic heterocycles. The molecule has 2 N–H and O–H groups in total. The van der Waals surface area contributed by atoms with E-state index >= 15 is 0 Å². The van der Waals surface area contributed by atoms with Crippen molar-refractivity contribution >= 4 is 16.9 Å². The van der Waals surface area contributed by atoms with Crippen molar-refractivity contribution < 1.29 is 0 Å². The fourth-order valence-corrected chi connectivity index (χ4v) is 4.09. The summed E-state index contributed by atoms with van der Waals surface area (Å²) >= 11 is 1.75. The topological polar surface area (TPSA) is 41.6 Å². The summed E-state index contributed by atoms with van der Waals surface area (Å²) in [5.74, 6) is 5.55. The summed E-state index contributed by atoms with van der Waals surface area (Å²) in [4.78, 5) is 2.33. The van der Waals surface area contributed by atoms with Crippen molar-refractivity contribution in [3.05, 3.63) is 35.9 Å². The molecule has 0 bridgehead atoms. The van der Waals surface area contributed by atoms with Crippen LogP contribution in [0.5, 0.6) is 0 Å². The number of hydrogen-bond acceptors (Lipinski definition) is 3. The molecule has 2 atom stereocenters. The van der Waals surface area contributed by atoms with Crippen molar-refractivity contribution in [3.63, 3.8) is 0 Å². The lowest BCUT2D eigenvalue weighted by atomic mass is 9.86. The molecule has 1 aliphatic rings. The van der Waals surface area contributed by atoms with Crippen LogP contribution in [-0.4, -0.2) is 21.4 Å². The Kier molecular flexibility index (Phi) is 3.57. The Morgan fingerprint density at radius 2 is 1.94 bits per heavy atom. The van der Waals surface area contributed by atoms with E-state index in [0.717, 1.165) is 5.17 Å². The third-order valence-corrected chi connectivity index (χ3v) is 5.09. The van der Waals surface area contributed by atoms with Crippen LogP contribution in [0.4, 0.5) is 0 Å². The first kappa shape index (κ1) is 13.3. The molecule has 1 saturated heterocycles. The molecule has 1 aromatic carbocycles. The van der Waals surface area contributed by atoms with Gasteiger partial charge >= 0.3 is 0 Å². The molecule has 18 heavy (non-hydrogen) atoms. The van der Waals surface area contributed by atoms with Crippen LogP contribution in [0.2, 0.25) is 0 Å². The Morgan fingerprint density at radius 1 is 1.33 bits per heavy atom. The maximum Gasteiger partial charge on any atom is 0.184 e. The number of hydrogen-bond donors (Lipinski definition) is 1. The average Bonchev–Trinajstić information content (AvgIpc) is 2.64. The molecule has 0 spiro atoms. The molecule has 4 heteroatoms. The van der Waals surface area contributed by atoms with Gasteiger partial charge in [0.15, 0.2) is 5.17 Å². The van der Waals surface area contributed by atoms with Crippen LogP contribution in [-0.2, 0) is 5.54 Å². The molecule has 1 heterocycles. The Labute approximate surface area is 113 Å². The van der Waals surface area contributed by atoms with Crippen LogP contribution in [0, 0.1) is 0 Å².